The molecular weight excluding hydrogens is 324 g/mol. The van der Waals surface area contributed by atoms with E-state index >= 15 is 0 Å². The van der Waals surface area contributed by atoms with Crippen molar-refractivity contribution in [3.05, 3.63) is 0 Å². The lowest BCUT2D eigenvalue weighted by atomic mass is 9.87. The van der Waals surface area contributed by atoms with Gasteiger partial charge in [-0.25, -0.2) is 0 Å². The molecule has 10 nitrogen and oxygen atoms in total. The van der Waals surface area contributed by atoms with Crippen LogP contribution in [0.1, 0.15) is 25.7 Å². The van der Waals surface area contributed by atoms with Gasteiger partial charge in [0.15, 0.2) is 0 Å². The molecule has 24 heavy (non-hydrogen) atoms. The first-order valence-corrected chi connectivity index (χ1v) is 7.56. The van der Waals surface area contributed by atoms with E-state index in [1.807, 2.05) is 0 Å². The van der Waals surface area contributed by atoms with E-state index in [1.165, 1.54) is 9.80 Å². The van der Waals surface area contributed by atoms with Crippen molar-refractivity contribution < 1.29 is 39.6 Å². The Hall–Kier alpha value is -2.20. The molecule has 2 atom stereocenters. The molecule has 0 aromatic rings. The van der Waals surface area contributed by atoms with Crippen molar-refractivity contribution >= 4 is 23.9 Å². The first-order valence-electron chi connectivity index (χ1n) is 7.56. The van der Waals surface area contributed by atoms with Crippen LogP contribution >= 0.6 is 0 Å². The molecule has 1 saturated carbocycles. The molecule has 0 saturated heterocycles. The van der Waals surface area contributed by atoms with Crippen molar-refractivity contribution in [1.29, 1.82) is 0 Å². The third-order valence-corrected chi connectivity index (χ3v) is 3.99. The Morgan fingerprint density at radius 2 is 0.875 bits per heavy atom. The number of aliphatic carboxylic acids is 4. The Morgan fingerprint density at radius 1 is 0.625 bits per heavy atom. The molecule has 0 aromatic heterocycles. The summed E-state index contributed by atoms with van der Waals surface area (Å²) in [5.41, 5.74) is 0. The molecule has 10 heteroatoms. The third-order valence-electron chi connectivity index (χ3n) is 3.99. The molecule has 136 valence electrons. The highest BCUT2D eigenvalue weighted by atomic mass is 16.4. The third kappa shape index (κ3) is 6.50. The van der Waals surface area contributed by atoms with Gasteiger partial charge in [-0.05, 0) is 12.8 Å². The summed E-state index contributed by atoms with van der Waals surface area (Å²) in [6, 6.07) is -1.05. The van der Waals surface area contributed by atoms with Gasteiger partial charge < -0.3 is 20.4 Å². The first kappa shape index (κ1) is 19.8. The normalized spacial score (nSPS) is 20.9. The molecule has 1 rings (SSSR count). The molecule has 0 aliphatic heterocycles. The Kier molecular flexibility index (Phi) is 7.59. The molecule has 0 bridgehead atoms. The van der Waals surface area contributed by atoms with Crippen molar-refractivity contribution in [2.45, 2.75) is 37.8 Å². The molecule has 0 aromatic carbocycles. The zero-order valence-corrected chi connectivity index (χ0v) is 13.1. The first-order chi connectivity index (χ1) is 11.2. The zero-order chi connectivity index (χ0) is 18.3. The lowest BCUT2D eigenvalue weighted by Crippen LogP contribution is -2.57. The van der Waals surface area contributed by atoms with Crippen molar-refractivity contribution in [2.24, 2.45) is 0 Å². The van der Waals surface area contributed by atoms with Crippen LogP contribution < -0.4 is 0 Å². The molecule has 1 aliphatic carbocycles. The second-order valence-corrected chi connectivity index (χ2v) is 5.80. The van der Waals surface area contributed by atoms with Gasteiger partial charge in [0, 0.05) is 12.1 Å². The summed E-state index contributed by atoms with van der Waals surface area (Å²) in [6.45, 7) is -1.99. The average Bonchev–Trinajstić information content (AvgIpc) is 2.44. The number of carbonyl (C=O) groups is 4. The Bertz CT molecular complexity index is 419. The number of hydrogen-bond acceptors (Lipinski definition) is 6. The predicted molar refractivity (Wildman–Crippen MR) is 79.7 cm³/mol. The van der Waals surface area contributed by atoms with Gasteiger partial charge in [-0.1, -0.05) is 12.8 Å². The van der Waals surface area contributed by atoms with Crippen LogP contribution in [0.5, 0.6) is 0 Å². The van der Waals surface area contributed by atoms with Gasteiger partial charge in [-0.2, -0.15) is 0 Å². The predicted octanol–water partition coefficient (Wildman–Crippen LogP) is -0.760. The van der Waals surface area contributed by atoms with Crippen LogP contribution in [0.25, 0.3) is 0 Å². The summed E-state index contributed by atoms with van der Waals surface area (Å²) in [5.74, 6) is -4.76. The second-order valence-electron chi connectivity index (χ2n) is 5.80. The lowest BCUT2D eigenvalue weighted by Gasteiger charge is -2.43. The maximum absolute atomic E-state index is 11.0. The molecule has 4 N–H and O–H groups in total. The monoisotopic (exact) mass is 346 g/mol. The maximum Gasteiger partial charge on any atom is 0.317 e. The van der Waals surface area contributed by atoms with Gasteiger partial charge in [-0.15, -0.1) is 0 Å². The van der Waals surface area contributed by atoms with E-state index in [2.05, 4.69) is 0 Å². The Labute approximate surface area is 138 Å². The second kappa shape index (κ2) is 9.18. The average molecular weight is 346 g/mol. The highest BCUT2D eigenvalue weighted by molar-refractivity contribution is 5.73. The summed E-state index contributed by atoms with van der Waals surface area (Å²) >= 11 is 0. The molecule has 0 heterocycles. The minimum Gasteiger partial charge on any atom is -0.480 e. The summed E-state index contributed by atoms with van der Waals surface area (Å²) in [5, 5.41) is 36.0. The van der Waals surface area contributed by atoms with Gasteiger partial charge >= 0.3 is 23.9 Å². The number of hydrogen-bond donors (Lipinski definition) is 4. The van der Waals surface area contributed by atoms with E-state index < -0.39 is 62.1 Å². The van der Waals surface area contributed by atoms with Gasteiger partial charge in [-0.3, -0.25) is 29.0 Å². The topological polar surface area (TPSA) is 156 Å². The largest absolute Gasteiger partial charge is 0.480 e. The van der Waals surface area contributed by atoms with Crippen LogP contribution in [-0.2, 0) is 19.2 Å². The fraction of sp³-hybridized carbons (Fsp3) is 0.714. The number of rotatable bonds is 10. The summed E-state index contributed by atoms with van der Waals surface area (Å²) in [4.78, 5) is 46.7. The Morgan fingerprint density at radius 3 is 1.08 bits per heavy atom. The van der Waals surface area contributed by atoms with Crippen LogP contribution in [0.3, 0.4) is 0 Å². The van der Waals surface area contributed by atoms with Crippen LogP contribution in [-0.4, -0.2) is 92.4 Å². The fourth-order valence-electron chi connectivity index (χ4n) is 3.22. The van der Waals surface area contributed by atoms with E-state index in [4.69, 9.17) is 20.4 Å². The minimum atomic E-state index is -1.19. The molecule has 0 amide bonds. The van der Waals surface area contributed by atoms with E-state index in [-0.39, 0.29) is 0 Å². The molecule has 0 radical (unpaired) electrons. The lowest BCUT2D eigenvalue weighted by molar-refractivity contribution is -0.149. The molecule has 0 spiro atoms. The quantitative estimate of drug-likeness (QED) is 0.396. The molecule has 1 aliphatic rings. The zero-order valence-electron chi connectivity index (χ0n) is 13.1. The molecule has 1 fully saturated rings. The summed E-state index contributed by atoms with van der Waals surface area (Å²) in [7, 11) is 0. The van der Waals surface area contributed by atoms with Crippen molar-refractivity contribution in [3.63, 3.8) is 0 Å². The van der Waals surface area contributed by atoms with Gasteiger partial charge in [0.1, 0.15) is 0 Å². The SMILES string of the molecule is O=C(O)CN(CC(=O)O)[C@@H]1CCCC[C@H]1N(CC(=O)O)CC(=O)O. The Balaban J connectivity index is 3.03. The van der Waals surface area contributed by atoms with Crippen molar-refractivity contribution in [3.8, 4) is 0 Å². The van der Waals surface area contributed by atoms with E-state index in [0.717, 1.165) is 12.8 Å². The van der Waals surface area contributed by atoms with Crippen LogP contribution in [0, 0.1) is 0 Å². The van der Waals surface area contributed by atoms with E-state index in [9.17, 15) is 19.2 Å². The van der Waals surface area contributed by atoms with Crippen molar-refractivity contribution in [1.82, 2.24) is 9.80 Å². The van der Waals surface area contributed by atoms with Gasteiger partial charge in [0.05, 0.1) is 26.2 Å². The van der Waals surface area contributed by atoms with E-state index in [1.54, 1.807) is 0 Å². The summed E-state index contributed by atoms with van der Waals surface area (Å²) < 4.78 is 0. The van der Waals surface area contributed by atoms with Gasteiger partial charge in [0.2, 0.25) is 0 Å². The van der Waals surface area contributed by atoms with Crippen LogP contribution in [0.4, 0.5) is 0 Å². The van der Waals surface area contributed by atoms with E-state index in [0.29, 0.717) is 12.8 Å². The fourth-order valence-corrected chi connectivity index (χ4v) is 3.22. The number of carboxylic acids is 4. The standard InChI is InChI=1S/C14H22N2O8/c17-11(18)5-15(6-12(19)20)9-3-1-2-4-10(9)16(7-13(21)22)8-14(23)24/h9-10H,1-8H2,(H,17,18)(H,19,20)(H,21,22)(H,23,24)/t9-,10-/m1/s1. The maximum atomic E-state index is 11.0. The van der Waals surface area contributed by atoms with Crippen molar-refractivity contribution in [2.75, 3.05) is 26.2 Å². The highest BCUT2D eigenvalue weighted by Crippen LogP contribution is 2.27. The number of nitrogens with zero attached hydrogens (tertiary/aromatic N) is 2. The molecule has 0 unspecified atom stereocenters. The number of carboxylic acid groups (broad SMARTS) is 4. The highest BCUT2D eigenvalue weighted by Gasteiger charge is 2.37. The van der Waals surface area contributed by atoms with Gasteiger partial charge in [0.25, 0.3) is 0 Å². The van der Waals surface area contributed by atoms with Crippen LogP contribution in [0.2, 0.25) is 0 Å². The molecular formula is C14H22N2O8. The van der Waals surface area contributed by atoms with Crippen LogP contribution in [0.15, 0.2) is 0 Å². The summed E-state index contributed by atoms with van der Waals surface area (Å²) in [6.07, 6.45) is 2.46. The smallest absolute Gasteiger partial charge is 0.317 e. The minimum absolute atomic E-state index is 0.487.